The molecule has 0 radical (unpaired) electrons. The third kappa shape index (κ3) is 4.63. The van der Waals surface area contributed by atoms with Crippen molar-refractivity contribution in [2.24, 2.45) is 0 Å². The number of hydrogen-bond acceptors (Lipinski definition) is 5. The van der Waals surface area contributed by atoms with Crippen LogP contribution in [0, 0.1) is 96.8 Å². The quantitative estimate of drug-likeness (QED) is 0.201. The van der Waals surface area contributed by atoms with Crippen molar-refractivity contribution in [1.29, 1.82) is 26.3 Å². The van der Waals surface area contributed by atoms with Crippen molar-refractivity contribution in [3.63, 3.8) is 0 Å². The van der Waals surface area contributed by atoms with Crippen LogP contribution in [0.4, 0.5) is 18.9 Å². The van der Waals surface area contributed by atoms with Gasteiger partial charge in [0.15, 0.2) is 5.69 Å². The van der Waals surface area contributed by atoms with Gasteiger partial charge in [0.05, 0.1) is 66.8 Å². The molecule has 0 amide bonds. The van der Waals surface area contributed by atoms with Crippen LogP contribution in [-0.2, 0) is 6.18 Å². The van der Waals surface area contributed by atoms with E-state index in [9.17, 15) is 39.5 Å². The Morgan fingerprint density at radius 3 is 1.66 bits per heavy atom. The summed E-state index contributed by atoms with van der Waals surface area (Å²) >= 11 is 0. The lowest BCUT2D eigenvalue weighted by Gasteiger charge is -2.17. The molecule has 0 aliphatic heterocycles. The zero-order chi connectivity index (χ0) is 36.7. The SMILES string of the molecule is [C-]#[N+]C1=C(c2ccc([N+]#[C-])c(C)c2)/C(=C(/C#N)[N+]#[C-])c2c(C#N)c3c(c(C#N)c21)/C(=C(/C#N)[N+]#[C-])C(c1ccc(C)c(C(F)(F)F)c1)=C3C#N. The second-order valence-corrected chi connectivity index (χ2v) is 10.7. The Labute approximate surface area is 283 Å². The maximum atomic E-state index is 14.1. The fraction of sp³-hybridized carbons (Fsp3) is 0.0789. The molecule has 0 saturated heterocycles. The molecule has 3 aromatic carbocycles. The molecular formula is C38H12F3N9. The van der Waals surface area contributed by atoms with Crippen LogP contribution in [0.15, 0.2) is 47.8 Å². The van der Waals surface area contributed by atoms with E-state index in [1.54, 1.807) is 19.1 Å². The molecule has 5 rings (SSSR count). The minimum Gasteiger partial charge on any atom is -0.238 e. The van der Waals surface area contributed by atoms with Gasteiger partial charge in [-0.05, 0) is 70.0 Å². The second kappa shape index (κ2) is 12.2. The molecule has 230 valence electrons. The third-order valence-corrected chi connectivity index (χ3v) is 8.27. The molecule has 12 heteroatoms. The number of nitrogens with zero attached hydrogens (tertiary/aromatic N) is 9. The van der Waals surface area contributed by atoms with E-state index in [2.05, 4.69) is 19.4 Å². The van der Waals surface area contributed by atoms with Crippen LogP contribution in [-0.4, -0.2) is 0 Å². The van der Waals surface area contributed by atoms with Gasteiger partial charge >= 0.3 is 6.18 Å². The van der Waals surface area contributed by atoms with Crippen molar-refractivity contribution in [2.45, 2.75) is 20.0 Å². The highest BCUT2D eigenvalue weighted by atomic mass is 19.4. The van der Waals surface area contributed by atoms with Gasteiger partial charge in [-0.1, -0.05) is 30.3 Å². The number of benzene rings is 3. The summed E-state index contributed by atoms with van der Waals surface area (Å²) in [6, 6.07) is 16.9. The molecule has 0 saturated carbocycles. The van der Waals surface area contributed by atoms with Gasteiger partial charge in [-0.2, -0.15) is 29.0 Å². The van der Waals surface area contributed by atoms with E-state index in [0.717, 1.165) is 12.1 Å². The fourth-order valence-electron chi connectivity index (χ4n) is 6.26. The molecule has 0 N–H and O–H groups in total. The largest absolute Gasteiger partial charge is 0.416 e. The first-order valence-corrected chi connectivity index (χ1v) is 13.9. The number of hydrogen-bond donors (Lipinski definition) is 0. The molecule has 3 aromatic rings. The molecule has 0 aromatic heterocycles. The Balaban J connectivity index is 2.09. The topological polar surface area (TPSA) is 136 Å². The standard InChI is InChI=1S/C38H12F3N9/c1-18-7-8-21(12-25(18)38(39,40)41)29-22(13-42)31-23(14-43)33-34(24(15-44)32(31)35(29)27(16-45)48-4)37(50-6)30(36(33)28(17-46)49-5)20-9-10-26(47-3)19(2)11-20/h7-12H,1-2H3/b35-27-,36-28+. The molecule has 2 aliphatic carbocycles. The molecule has 0 bridgehead atoms. The minimum atomic E-state index is -4.83. The number of aryl methyl sites for hydroxylation is 2. The van der Waals surface area contributed by atoms with Crippen molar-refractivity contribution in [1.82, 2.24) is 0 Å². The highest BCUT2D eigenvalue weighted by Gasteiger charge is 2.43. The summed E-state index contributed by atoms with van der Waals surface area (Å²) in [5, 5.41) is 52.2. The van der Waals surface area contributed by atoms with Gasteiger partial charge in [0, 0.05) is 16.7 Å². The average molecular weight is 652 g/mol. The Morgan fingerprint density at radius 2 is 1.18 bits per heavy atom. The Hall–Kier alpha value is -8.18. The molecular weight excluding hydrogens is 639 g/mol. The molecule has 0 atom stereocenters. The number of alkyl halides is 3. The Kier molecular flexibility index (Phi) is 8.10. The molecule has 0 spiro atoms. The highest BCUT2D eigenvalue weighted by molar-refractivity contribution is 6.31. The smallest absolute Gasteiger partial charge is 0.238 e. The number of allylic oxidation sites excluding steroid dienone is 7. The van der Waals surface area contributed by atoms with Gasteiger partial charge in [0.1, 0.15) is 12.1 Å². The number of fused-ring (bicyclic) bond motifs is 2. The summed E-state index contributed by atoms with van der Waals surface area (Å²) in [4.78, 5) is 13.7. The first kappa shape index (κ1) is 33.2. The predicted octanol–water partition coefficient (Wildman–Crippen LogP) is 9.17. The summed E-state index contributed by atoms with van der Waals surface area (Å²) in [7, 11) is 0. The van der Waals surface area contributed by atoms with Crippen LogP contribution >= 0.6 is 0 Å². The van der Waals surface area contributed by atoms with E-state index in [1.807, 2.05) is 18.2 Å². The molecule has 0 unspecified atom stereocenters. The summed E-state index contributed by atoms with van der Waals surface area (Å²) in [6.45, 7) is 34.0. The number of rotatable bonds is 2. The van der Waals surface area contributed by atoms with E-state index in [4.69, 9.17) is 26.3 Å². The van der Waals surface area contributed by atoms with Gasteiger partial charge in [-0.3, -0.25) is 0 Å². The van der Waals surface area contributed by atoms with Crippen molar-refractivity contribution in [3.8, 4) is 30.3 Å². The maximum absolute atomic E-state index is 14.1. The van der Waals surface area contributed by atoms with Crippen molar-refractivity contribution in [2.75, 3.05) is 0 Å². The van der Waals surface area contributed by atoms with E-state index >= 15 is 0 Å². The van der Waals surface area contributed by atoms with Gasteiger partial charge in [0.2, 0.25) is 5.70 Å². The van der Waals surface area contributed by atoms with Crippen LogP contribution in [0.2, 0.25) is 0 Å². The lowest BCUT2D eigenvalue weighted by atomic mass is 9.83. The van der Waals surface area contributed by atoms with Gasteiger partial charge < -0.3 is 0 Å². The third-order valence-electron chi connectivity index (χ3n) is 8.27. The Bertz CT molecular complexity index is 2660. The summed E-state index contributed by atoms with van der Waals surface area (Å²) in [5.74, 6) is 0. The minimum absolute atomic E-state index is 0.00821. The van der Waals surface area contributed by atoms with Crippen LogP contribution < -0.4 is 0 Å². The monoisotopic (exact) mass is 651 g/mol. The molecule has 0 fully saturated rings. The maximum Gasteiger partial charge on any atom is 0.416 e. The van der Waals surface area contributed by atoms with E-state index in [1.165, 1.54) is 31.2 Å². The van der Waals surface area contributed by atoms with Crippen molar-refractivity contribution in [3.05, 3.63) is 155 Å². The van der Waals surface area contributed by atoms with E-state index in [0.29, 0.717) is 5.56 Å². The molecule has 50 heavy (non-hydrogen) atoms. The van der Waals surface area contributed by atoms with E-state index < -0.39 is 39.8 Å². The summed E-state index contributed by atoms with van der Waals surface area (Å²) in [5.41, 5.74) is -5.15. The first-order chi connectivity index (χ1) is 23.9. The van der Waals surface area contributed by atoms with Gasteiger partial charge in [-0.15, -0.1) is 0 Å². The first-order valence-electron chi connectivity index (χ1n) is 13.9. The normalized spacial score (nSPS) is 14.6. The Morgan fingerprint density at radius 1 is 0.640 bits per heavy atom. The van der Waals surface area contributed by atoms with Crippen LogP contribution in [0.5, 0.6) is 0 Å². The summed E-state index contributed by atoms with van der Waals surface area (Å²) < 4.78 is 42.2. The molecule has 0 heterocycles. The van der Waals surface area contributed by atoms with Crippen LogP contribution in [0.25, 0.3) is 52.9 Å². The molecule has 9 nitrogen and oxygen atoms in total. The lowest BCUT2D eigenvalue weighted by Crippen LogP contribution is -2.08. The van der Waals surface area contributed by atoms with E-state index in [-0.39, 0.29) is 72.6 Å². The average Bonchev–Trinajstić information content (AvgIpc) is 3.61. The summed E-state index contributed by atoms with van der Waals surface area (Å²) in [6.07, 6.45) is -4.83. The lowest BCUT2D eigenvalue weighted by molar-refractivity contribution is -0.138. The van der Waals surface area contributed by atoms with Gasteiger partial charge in [-0.25, -0.2) is 29.9 Å². The van der Waals surface area contributed by atoms with Gasteiger partial charge in [0.25, 0.3) is 11.4 Å². The fourth-order valence-corrected chi connectivity index (χ4v) is 6.26. The van der Waals surface area contributed by atoms with Crippen molar-refractivity contribution < 1.29 is 13.2 Å². The predicted molar refractivity (Wildman–Crippen MR) is 174 cm³/mol. The highest BCUT2D eigenvalue weighted by Crippen LogP contribution is 2.58. The number of nitriles is 5. The molecule has 2 aliphatic rings. The van der Waals surface area contributed by atoms with Crippen LogP contribution in [0.1, 0.15) is 61.2 Å². The van der Waals surface area contributed by atoms with Crippen LogP contribution in [0.3, 0.4) is 0 Å². The zero-order valence-electron chi connectivity index (χ0n) is 25.6. The number of halogens is 3. The van der Waals surface area contributed by atoms with Crippen molar-refractivity contribution >= 4 is 39.2 Å². The second-order valence-electron chi connectivity index (χ2n) is 10.7. The zero-order valence-corrected chi connectivity index (χ0v) is 25.6.